The highest BCUT2D eigenvalue weighted by Gasteiger charge is 2.23. The van der Waals surface area contributed by atoms with Gasteiger partial charge in [0.05, 0.1) is 15.4 Å². The van der Waals surface area contributed by atoms with Crippen LogP contribution in [0, 0.1) is 17.0 Å². The second-order valence-corrected chi connectivity index (χ2v) is 7.53. The second-order valence-electron chi connectivity index (χ2n) is 5.76. The predicted molar refractivity (Wildman–Crippen MR) is 98.5 cm³/mol. The largest absolute Gasteiger partial charge is 0.402 e. The first-order valence-corrected chi connectivity index (χ1v) is 9.27. The van der Waals surface area contributed by atoms with Crippen LogP contribution in [-0.4, -0.2) is 28.5 Å². The van der Waals surface area contributed by atoms with Crippen molar-refractivity contribution in [3.8, 4) is 5.88 Å². The zero-order chi connectivity index (χ0) is 20.5. The van der Waals surface area contributed by atoms with E-state index in [1.165, 1.54) is 24.3 Å². The molecular formula is C17H14N4O6S. The molecule has 28 heavy (non-hydrogen) atoms. The number of esters is 1. The van der Waals surface area contributed by atoms with Crippen molar-refractivity contribution in [2.45, 2.75) is 11.8 Å². The maximum absolute atomic E-state index is 12.7. The first-order valence-electron chi connectivity index (χ1n) is 7.83. The van der Waals surface area contributed by atoms with E-state index in [2.05, 4.69) is 5.10 Å². The number of nitrogens with zero attached hydrogens (tertiary/aromatic N) is 3. The van der Waals surface area contributed by atoms with Crippen LogP contribution in [0.2, 0.25) is 0 Å². The van der Waals surface area contributed by atoms with Crippen molar-refractivity contribution < 1.29 is 22.9 Å². The maximum atomic E-state index is 12.7. The van der Waals surface area contributed by atoms with Crippen LogP contribution < -0.4 is 10.5 Å². The molecule has 1 heterocycles. The number of nitrogen functional groups attached to an aromatic ring is 1. The number of hydrogen-bond acceptors (Lipinski definition) is 8. The second kappa shape index (κ2) is 7.12. The van der Waals surface area contributed by atoms with Crippen molar-refractivity contribution in [1.29, 1.82) is 0 Å². The van der Waals surface area contributed by atoms with E-state index in [0.29, 0.717) is 4.09 Å². The molecule has 2 N–H and O–H groups in total. The number of non-ortho nitro benzene ring substituents is 1. The van der Waals surface area contributed by atoms with Crippen LogP contribution in [-0.2, 0) is 10.0 Å². The molecule has 0 radical (unpaired) electrons. The van der Waals surface area contributed by atoms with Crippen LogP contribution >= 0.6 is 0 Å². The number of nitro groups is 1. The average Bonchev–Trinajstić information content (AvgIpc) is 3.03. The molecule has 11 heteroatoms. The fourth-order valence-electron chi connectivity index (χ4n) is 2.28. The molecule has 0 spiro atoms. The van der Waals surface area contributed by atoms with Gasteiger partial charge in [-0.05, 0) is 31.2 Å². The molecule has 0 aliphatic rings. The Balaban J connectivity index is 1.84. The smallest absolute Gasteiger partial charge is 0.344 e. The van der Waals surface area contributed by atoms with Crippen LogP contribution in [0.5, 0.6) is 5.88 Å². The number of benzene rings is 2. The standard InChI is InChI=1S/C17H14N4O6S/c1-11-2-8-14(9-3-11)28(25,26)20-15(18)10-16(19-20)27-17(22)12-4-6-13(7-5-12)21(23)24/h2-10H,18H2,1H3. The zero-order valence-corrected chi connectivity index (χ0v) is 15.3. The van der Waals surface area contributed by atoms with Gasteiger partial charge in [-0.3, -0.25) is 10.1 Å². The number of carbonyl (C=O) groups excluding carboxylic acids is 1. The predicted octanol–water partition coefficient (Wildman–Crippen LogP) is 2.14. The van der Waals surface area contributed by atoms with Gasteiger partial charge in [-0.2, -0.15) is 8.42 Å². The lowest BCUT2D eigenvalue weighted by atomic mass is 10.2. The number of rotatable bonds is 5. The van der Waals surface area contributed by atoms with Gasteiger partial charge in [0.2, 0.25) is 5.88 Å². The number of hydrogen-bond donors (Lipinski definition) is 1. The van der Waals surface area contributed by atoms with Crippen LogP contribution in [0.4, 0.5) is 11.5 Å². The van der Waals surface area contributed by atoms with Crippen LogP contribution in [0.1, 0.15) is 15.9 Å². The lowest BCUT2D eigenvalue weighted by Gasteiger charge is -2.06. The van der Waals surface area contributed by atoms with Crippen molar-refractivity contribution in [2.75, 3.05) is 5.73 Å². The number of anilines is 1. The summed E-state index contributed by atoms with van der Waals surface area (Å²) in [4.78, 5) is 22.2. The first-order chi connectivity index (χ1) is 13.2. The van der Waals surface area contributed by atoms with Gasteiger partial charge in [0.15, 0.2) is 0 Å². The van der Waals surface area contributed by atoms with E-state index < -0.39 is 20.9 Å². The summed E-state index contributed by atoms with van der Waals surface area (Å²) in [6.45, 7) is 1.81. The van der Waals surface area contributed by atoms with E-state index in [4.69, 9.17) is 10.5 Å². The van der Waals surface area contributed by atoms with E-state index in [0.717, 1.165) is 23.8 Å². The number of aryl methyl sites for hydroxylation is 1. The summed E-state index contributed by atoms with van der Waals surface area (Å²) in [6.07, 6.45) is 0. The Hall–Kier alpha value is -3.73. The Morgan fingerprint density at radius 2 is 1.75 bits per heavy atom. The Morgan fingerprint density at radius 3 is 2.32 bits per heavy atom. The third kappa shape index (κ3) is 3.69. The van der Waals surface area contributed by atoms with Crippen molar-refractivity contribution in [3.63, 3.8) is 0 Å². The highest BCUT2D eigenvalue weighted by molar-refractivity contribution is 7.90. The molecule has 10 nitrogen and oxygen atoms in total. The third-order valence-corrected chi connectivity index (χ3v) is 5.35. The zero-order valence-electron chi connectivity index (χ0n) is 14.5. The summed E-state index contributed by atoms with van der Waals surface area (Å²) in [5.41, 5.74) is 6.44. The minimum atomic E-state index is -4.07. The van der Waals surface area contributed by atoms with Crippen molar-refractivity contribution in [2.24, 2.45) is 0 Å². The number of aromatic nitrogens is 2. The molecule has 3 rings (SSSR count). The first kappa shape index (κ1) is 19.0. The molecule has 3 aromatic rings. The van der Waals surface area contributed by atoms with E-state index in [1.807, 2.05) is 6.92 Å². The third-order valence-electron chi connectivity index (χ3n) is 3.74. The van der Waals surface area contributed by atoms with Gasteiger partial charge in [0.1, 0.15) is 5.82 Å². The molecule has 1 aromatic heterocycles. The number of nitrogens with two attached hydrogens (primary N) is 1. The van der Waals surface area contributed by atoms with Crippen LogP contribution in [0.25, 0.3) is 0 Å². The molecule has 0 saturated carbocycles. The maximum Gasteiger partial charge on any atom is 0.344 e. The monoisotopic (exact) mass is 402 g/mol. The molecule has 0 aliphatic heterocycles. The summed E-state index contributed by atoms with van der Waals surface area (Å²) in [5.74, 6) is -1.43. The van der Waals surface area contributed by atoms with Gasteiger partial charge in [0.25, 0.3) is 15.7 Å². The molecule has 0 unspecified atom stereocenters. The Labute approximate surface area is 159 Å². The molecule has 0 aliphatic carbocycles. The van der Waals surface area contributed by atoms with E-state index in [1.54, 1.807) is 12.1 Å². The number of nitro benzene ring substituents is 1. The SMILES string of the molecule is Cc1ccc(S(=O)(=O)n2nc(OC(=O)c3ccc([N+](=O)[O-])cc3)cc2N)cc1. The summed E-state index contributed by atoms with van der Waals surface area (Å²) >= 11 is 0. The summed E-state index contributed by atoms with van der Waals surface area (Å²) in [7, 11) is -4.07. The van der Waals surface area contributed by atoms with Crippen molar-refractivity contribution in [3.05, 3.63) is 75.8 Å². The minimum Gasteiger partial charge on any atom is -0.402 e. The fraction of sp³-hybridized carbons (Fsp3) is 0.0588. The van der Waals surface area contributed by atoms with E-state index >= 15 is 0 Å². The average molecular weight is 402 g/mol. The summed E-state index contributed by atoms with van der Waals surface area (Å²) in [6, 6.07) is 11.9. The van der Waals surface area contributed by atoms with E-state index in [9.17, 15) is 23.3 Å². The van der Waals surface area contributed by atoms with Crippen molar-refractivity contribution in [1.82, 2.24) is 9.19 Å². The highest BCUT2D eigenvalue weighted by atomic mass is 32.2. The van der Waals surface area contributed by atoms with Crippen LogP contribution in [0.3, 0.4) is 0 Å². The van der Waals surface area contributed by atoms with Gasteiger partial charge in [0, 0.05) is 18.2 Å². The molecule has 144 valence electrons. The number of ether oxygens (including phenoxy) is 1. The summed E-state index contributed by atoms with van der Waals surface area (Å²) in [5, 5.41) is 14.4. The Morgan fingerprint density at radius 1 is 1.14 bits per heavy atom. The quantitative estimate of drug-likeness (QED) is 0.388. The van der Waals surface area contributed by atoms with Gasteiger partial charge >= 0.3 is 5.97 Å². The normalized spacial score (nSPS) is 11.2. The lowest BCUT2D eigenvalue weighted by Crippen LogP contribution is -2.17. The lowest BCUT2D eigenvalue weighted by molar-refractivity contribution is -0.384. The molecule has 0 bridgehead atoms. The topological polar surface area (TPSA) is 147 Å². The van der Waals surface area contributed by atoms with E-state index in [-0.39, 0.29) is 27.8 Å². The molecule has 0 amide bonds. The van der Waals surface area contributed by atoms with Crippen molar-refractivity contribution >= 4 is 27.5 Å². The number of carbonyl (C=O) groups is 1. The Bertz CT molecular complexity index is 1150. The fourth-order valence-corrected chi connectivity index (χ4v) is 3.48. The molecule has 0 saturated heterocycles. The van der Waals surface area contributed by atoms with Gasteiger partial charge < -0.3 is 10.5 Å². The minimum absolute atomic E-state index is 0.0267. The highest BCUT2D eigenvalue weighted by Crippen LogP contribution is 2.22. The molecule has 0 atom stereocenters. The molecular weight excluding hydrogens is 388 g/mol. The molecule has 2 aromatic carbocycles. The Kier molecular flexibility index (Phi) is 4.84. The van der Waals surface area contributed by atoms with Gasteiger partial charge in [-0.1, -0.05) is 17.7 Å². The molecule has 0 fully saturated rings. The summed E-state index contributed by atoms with van der Waals surface area (Å²) < 4.78 is 30.9. The van der Waals surface area contributed by atoms with Gasteiger partial charge in [-0.25, -0.2) is 4.79 Å². The van der Waals surface area contributed by atoms with Crippen LogP contribution in [0.15, 0.2) is 59.5 Å². The van der Waals surface area contributed by atoms with Gasteiger partial charge in [-0.15, -0.1) is 9.19 Å².